The molecule has 0 aromatic heterocycles. The SMILES string of the molecule is C=CCOc1ccc(/C=C/C(=O)Nc2cccc(NC(C)=O)c2)cc1OC. The molecule has 27 heavy (non-hydrogen) atoms. The van der Waals surface area contributed by atoms with Crippen molar-refractivity contribution in [2.24, 2.45) is 0 Å². The first-order chi connectivity index (χ1) is 13.0. The third kappa shape index (κ3) is 6.36. The van der Waals surface area contributed by atoms with Crippen molar-refractivity contribution in [3.63, 3.8) is 0 Å². The van der Waals surface area contributed by atoms with Crippen LogP contribution in [-0.4, -0.2) is 25.5 Å². The maximum absolute atomic E-state index is 12.1. The minimum absolute atomic E-state index is 0.173. The molecular formula is C21H22N2O4. The molecule has 6 heteroatoms. The van der Waals surface area contributed by atoms with E-state index in [9.17, 15) is 9.59 Å². The standard InChI is InChI=1S/C21H22N2O4/c1-4-12-27-19-10-8-16(13-20(19)26-3)9-11-21(25)23-18-7-5-6-17(14-18)22-15(2)24/h4-11,13-14H,1,12H2,2-3H3,(H,22,24)(H,23,25)/b11-9+. The van der Waals surface area contributed by atoms with Gasteiger partial charge in [0.1, 0.15) is 6.61 Å². The number of anilines is 2. The molecule has 2 amide bonds. The highest BCUT2D eigenvalue weighted by Crippen LogP contribution is 2.28. The normalized spacial score (nSPS) is 10.3. The van der Waals surface area contributed by atoms with Crippen LogP contribution in [0.1, 0.15) is 12.5 Å². The molecule has 0 saturated carbocycles. The summed E-state index contributed by atoms with van der Waals surface area (Å²) in [6, 6.07) is 12.3. The van der Waals surface area contributed by atoms with E-state index in [1.165, 1.54) is 13.0 Å². The van der Waals surface area contributed by atoms with E-state index in [0.29, 0.717) is 29.5 Å². The summed E-state index contributed by atoms with van der Waals surface area (Å²) in [5.41, 5.74) is 1.99. The smallest absolute Gasteiger partial charge is 0.248 e. The monoisotopic (exact) mass is 366 g/mol. The summed E-state index contributed by atoms with van der Waals surface area (Å²) in [6.07, 6.45) is 4.75. The molecule has 0 aliphatic rings. The van der Waals surface area contributed by atoms with Gasteiger partial charge in [0.05, 0.1) is 7.11 Å². The summed E-state index contributed by atoms with van der Waals surface area (Å²) in [6.45, 7) is 5.42. The number of ether oxygens (including phenoxy) is 2. The van der Waals surface area contributed by atoms with E-state index < -0.39 is 0 Å². The van der Waals surface area contributed by atoms with Crippen molar-refractivity contribution < 1.29 is 19.1 Å². The van der Waals surface area contributed by atoms with Gasteiger partial charge in [0, 0.05) is 24.4 Å². The van der Waals surface area contributed by atoms with E-state index >= 15 is 0 Å². The summed E-state index contributed by atoms with van der Waals surface area (Å²) in [5.74, 6) is 0.713. The maximum atomic E-state index is 12.1. The fourth-order valence-electron chi connectivity index (χ4n) is 2.29. The van der Waals surface area contributed by atoms with Gasteiger partial charge in [-0.3, -0.25) is 9.59 Å². The number of carbonyl (C=O) groups is 2. The Morgan fingerprint density at radius 1 is 1.07 bits per heavy atom. The lowest BCUT2D eigenvalue weighted by atomic mass is 10.2. The summed E-state index contributed by atoms with van der Waals surface area (Å²) < 4.78 is 10.8. The van der Waals surface area contributed by atoms with Gasteiger partial charge in [0.15, 0.2) is 11.5 Å². The van der Waals surface area contributed by atoms with E-state index in [1.54, 1.807) is 55.7 Å². The zero-order valence-corrected chi connectivity index (χ0v) is 15.3. The van der Waals surface area contributed by atoms with E-state index in [1.807, 2.05) is 6.07 Å². The lowest BCUT2D eigenvalue weighted by Crippen LogP contribution is -2.09. The quantitative estimate of drug-likeness (QED) is 0.549. The summed E-state index contributed by atoms with van der Waals surface area (Å²) in [5, 5.41) is 5.42. The number of carbonyl (C=O) groups excluding carboxylic acids is 2. The minimum atomic E-state index is -0.291. The number of rotatable bonds is 8. The molecule has 6 nitrogen and oxygen atoms in total. The van der Waals surface area contributed by atoms with Gasteiger partial charge in [0.25, 0.3) is 0 Å². The number of benzene rings is 2. The zero-order chi connectivity index (χ0) is 19.6. The molecule has 0 aliphatic carbocycles. The van der Waals surface area contributed by atoms with Crippen LogP contribution in [0.5, 0.6) is 11.5 Å². The van der Waals surface area contributed by atoms with Crippen LogP contribution in [0.15, 0.2) is 61.2 Å². The van der Waals surface area contributed by atoms with Gasteiger partial charge in [-0.1, -0.05) is 24.8 Å². The number of nitrogens with one attached hydrogen (secondary N) is 2. The molecule has 0 saturated heterocycles. The van der Waals surface area contributed by atoms with Gasteiger partial charge in [-0.15, -0.1) is 0 Å². The van der Waals surface area contributed by atoms with Gasteiger partial charge in [-0.2, -0.15) is 0 Å². The van der Waals surface area contributed by atoms with Gasteiger partial charge in [0.2, 0.25) is 11.8 Å². The molecule has 140 valence electrons. The van der Waals surface area contributed by atoms with Crippen molar-refractivity contribution in [2.75, 3.05) is 24.4 Å². The first kappa shape index (κ1) is 19.8. The van der Waals surface area contributed by atoms with E-state index in [-0.39, 0.29) is 11.8 Å². The largest absolute Gasteiger partial charge is 0.493 e. The summed E-state index contributed by atoms with van der Waals surface area (Å²) in [4.78, 5) is 23.2. The predicted octanol–water partition coefficient (Wildman–Crippen LogP) is 3.87. The Balaban J connectivity index is 2.04. The average Bonchev–Trinajstić information content (AvgIpc) is 2.64. The molecule has 0 heterocycles. The molecule has 0 fully saturated rings. The molecule has 2 N–H and O–H groups in total. The van der Waals surface area contributed by atoms with Crippen molar-refractivity contribution in [1.82, 2.24) is 0 Å². The minimum Gasteiger partial charge on any atom is -0.493 e. The highest BCUT2D eigenvalue weighted by atomic mass is 16.5. The van der Waals surface area contributed by atoms with Crippen LogP contribution >= 0.6 is 0 Å². The van der Waals surface area contributed by atoms with Crippen molar-refractivity contribution in [3.05, 3.63) is 66.8 Å². The van der Waals surface area contributed by atoms with Crippen molar-refractivity contribution in [1.29, 1.82) is 0 Å². The second-order valence-electron chi connectivity index (χ2n) is 5.59. The Morgan fingerprint density at radius 3 is 2.48 bits per heavy atom. The predicted molar refractivity (Wildman–Crippen MR) is 107 cm³/mol. The van der Waals surface area contributed by atoms with Crippen LogP contribution in [0.3, 0.4) is 0 Å². The van der Waals surface area contributed by atoms with E-state index in [0.717, 1.165) is 5.56 Å². The lowest BCUT2D eigenvalue weighted by Gasteiger charge is -2.09. The average molecular weight is 366 g/mol. The molecule has 0 bridgehead atoms. The highest BCUT2D eigenvalue weighted by Gasteiger charge is 2.05. The van der Waals surface area contributed by atoms with E-state index in [4.69, 9.17) is 9.47 Å². The molecule has 2 aromatic rings. The number of hydrogen-bond acceptors (Lipinski definition) is 4. The topological polar surface area (TPSA) is 76.7 Å². The van der Waals surface area contributed by atoms with Gasteiger partial charge in [-0.05, 0) is 42.0 Å². The molecule has 2 aromatic carbocycles. The van der Waals surface area contributed by atoms with Gasteiger partial charge in [-0.25, -0.2) is 0 Å². The second kappa shape index (κ2) is 9.82. The second-order valence-corrected chi connectivity index (χ2v) is 5.59. The molecule has 0 spiro atoms. The number of methoxy groups -OCH3 is 1. The van der Waals surface area contributed by atoms with Crippen LogP contribution in [0.2, 0.25) is 0 Å². The zero-order valence-electron chi connectivity index (χ0n) is 15.3. The number of amides is 2. The molecule has 0 unspecified atom stereocenters. The summed E-state index contributed by atoms with van der Waals surface area (Å²) in [7, 11) is 1.55. The van der Waals surface area contributed by atoms with Crippen LogP contribution in [-0.2, 0) is 9.59 Å². The van der Waals surface area contributed by atoms with Crippen molar-refractivity contribution in [2.45, 2.75) is 6.92 Å². The molecular weight excluding hydrogens is 344 g/mol. The fraction of sp³-hybridized carbons (Fsp3) is 0.143. The van der Waals surface area contributed by atoms with Crippen LogP contribution < -0.4 is 20.1 Å². The van der Waals surface area contributed by atoms with E-state index in [2.05, 4.69) is 17.2 Å². The Morgan fingerprint density at radius 2 is 1.81 bits per heavy atom. The molecule has 0 radical (unpaired) electrons. The molecule has 0 atom stereocenters. The first-order valence-corrected chi connectivity index (χ1v) is 8.30. The lowest BCUT2D eigenvalue weighted by molar-refractivity contribution is -0.114. The molecule has 2 rings (SSSR count). The van der Waals surface area contributed by atoms with Crippen molar-refractivity contribution >= 4 is 29.3 Å². The Labute approximate surface area is 158 Å². The number of hydrogen-bond donors (Lipinski definition) is 2. The van der Waals surface area contributed by atoms with Crippen LogP contribution in [0, 0.1) is 0 Å². The van der Waals surface area contributed by atoms with Gasteiger partial charge < -0.3 is 20.1 Å². The first-order valence-electron chi connectivity index (χ1n) is 8.30. The van der Waals surface area contributed by atoms with Gasteiger partial charge >= 0.3 is 0 Å². The van der Waals surface area contributed by atoms with Crippen LogP contribution in [0.25, 0.3) is 6.08 Å². The fourth-order valence-corrected chi connectivity index (χ4v) is 2.29. The third-order valence-electron chi connectivity index (χ3n) is 3.42. The Hall–Kier alpha value is -3.54. The Kier molecular flexibility index (Phi) is 7.19. The highest BCUT2D eigenvalue weighted by molar-refractivity contribution is 6.02. The molecule has 0 aliphatic heterocycles. The van der Waals surface area contributed by atoms with Crippen LogP contribution in [0.4, 0.5) is 11.4 Å². The summed E-state index contributed by atoms with van der Waals surface area (Å²) >= 11 is 0. The third-order valence-corrected chi connectivity index (χ3v) is 3.42. The Bertz CT molecular complexity index is 859. The maximum Gasteiger partial charge on any atom is 0.248 e. The van der Waals surface area contributed by atoms with Crippen molar-refractivity contribution in [3.8, 4) is 11.5 Å².